The molecule has 4 aromatic rings. The van der Waals surface area contributed by atoms with Gasteiger partial charge in [-0.1, -0.05) is 48.0 Å². The van der Waals surface area contributed by atoms with Crippen molar-refractivity contribution in [2.75, 3.05) is 13.1 Å². The lowest BCUT2D eigenvalue weighted by atomic mass is 9.92. The Hall–Kier alpha value is -3.37. The number of hydrogen-bond acceptors (Lipinski definition) is 2. The number of hydrogen-bond donors (Lipinski definition) is 0. The van der Waals surface area contributed by atoms with Crippen molar-refractivity contribution >= 4 is 34.1 Å². The molecule has 1 saturated heterocycles. The molecule has 0 N–H and O–H groups in total. The van der Waals surface area contributed by atoms with Gasteiger partial charge in [0.25, 0.3) is 5.91 Å². The molecule has 1 aromatic heterocycles. The van der Waals surface area contributed by atoms with E-state index < -0.39 is 0 Å². The minimum atomic E-state index is 0.119. The van der Waals surface area contributed by atoms with Crippen LogP contribution in [-0.4, -0.2) is 33.4 Å². The quantitative estimate of drug-likeness (QED) is 0.275. The van der Waals surface area contributed by atoms with Crippen LogP contribution >= 0.6 is 11.6 Å². The predicted octanol–water partition coefficient (Wildman–Crippen LogP) is 7.80. The molecule has 3 aromatic carbocycles. The van der Waals surface area contributed by atoms with Crippen molar-refractivity contribution in [1.29, 1.82) is 0 Å². The maximum Gasteiger partial charge on any atom is 0.253 e. The van der Waals surface area contributed by atoms with Gasteiger partial charge in [0, 0.05) is 35.6 Å². The molecule has 6 rings (SSSR count). The summed E-state index contributed by atoms with van der Waals surface area (Å²) in [5, 5.41) is 0.720. The molecule has 2 fully saturated rings. The number of fused-ring (bicyclic) bond motifs is 1. The third kappa shape index (κ3) is 4.59. The van der Waals surface area contributed by atoms with Crippen LogP contribution in [0.1, 0.15) is 77.4 Å². The first kappa shape index (κ1) is 24.0. The van der Waals surface area contributed by atoms with E-state index in [1.165, 1.54) is 24.2 Å². The average Bonchev–Trinajstić information content (AvgIpc) is 3.69. The van der Waals surface area contributed by atoms with Crippen molar-refractivity contribution in [3.63, 3.8) is 0 Å². The summed E-state index contributed by atoms with van der Waals surface area (Å²) in [6, 6.07) is 23.1. The molecule has 0 radical (unpaired) electrons. The van der Waals surface area contributed by atoms with Crippen LogP contribution in [0.3, 0.4) is 0 Å². The smallest absolute Gasteiger partial charge is 0.253 e. The normalized spacial score (nSPS) is 16.9. The standard InChI is InChI=1S/C32H32ClN3O/c1-3-27(23-7-6-8-25(33)20-23)28-14-11-24(19-21(28)2)32(37)35-17-15-22(16-18-35)31-34-29-9-4-5-10-30(29)36(31)26-12-13-26/h3-11,14,19-20,22,26H,12-13,15-18H2,1-2H3/b27-3-. The third-order valence-electron chi connectivity index (χ3n) is 7.87. The summed E-state index contributed by atoms with van der Waals surface area (Å²) in [4.78, 5) is 20.5. The van der Waals surface area contributed by atoms with Crippen LogP contribution in [0.2, 0.25) is 5.02 Å². The Kier molecular flexibility index (Phi) is 6.37. The summed E-state index contributed by atoms with van der Waals surface area (Å²) >= 11 is 6.24. The summed E-state index contributed by atoms with van der Waals surface area (Å²) in [5.41, 5.74) is 7.52. The van der Waals surface area contributed by atoms with Crippen LogP contribution in [-0.2, 0) is 0 Å². The minimum Gasteiger partial charge on any atom is -0.339 e. The van der Waals surface area contributed by atoms with Crippen molar-refractivity contribution in [3.8, 4) is 0 Å². The summed E-state index contributed by atoms with van der Waals surface area (Å²) in [7, 11) is 0. The SMILES string of the molecule is C/C=C(/c1cccc(Cl)c1)c1ccc(C(=O)N2CCC(c3nc4ccccc4n3C3CC3)CC2)cc1C. The molecule has 1 saturated carbocycles. The number of carbonyl (C=O) groups excluding carboxylic acids is 1. The number of halogens is 1. The lowest BCUT2D eigenvalue weighted by molar-refractivity contribution is 0.0710. The van der Waals surface area contributed by atoms with Gasteiger partial charge in [0.15, 0.2) is 0 Å². The Morgan fingerprint density at radius 3 is 2.43 bits per heavy atom. The number of benzene rings is 3. The van der Waals surface area contributed by atoms with E-state index in [9.17, 15) is 4.79 Å². The van der Waals surface area contributed by atoms with Crippen LogP contribution in [0.15, 0.2) is 72.8 Å². The van der Waals surface area contributed by atoms with Gasteiger partial charge in [-0.15, -0.1) is 0 Å². The van der Waals surface area contributed by atoms with E-state index in [0.717, 1.165) is 64.3 Å². The number of amides is 1. The minimum absolute atomic E-state index is 0.119. The maximum atomic E-state index is 13.5. The number of likely N-dealkylation sites (tertiary alicyclic amines) is 1. The Morgan fingerprint density at radius 1 is 0.946 bits per heavy atom. The van der Waals surface area contributed by atoms with Crippen LogP contribution in [0.4, 0.5) is 0 Å². The van der Waals surface area contributed by atoms with Gasteiger partial charge in [-0.2, -0.15) is 0 Å². The number of aryl methyl sites for hydroxylation is 1. The zero-order valence-electron chi connectivity index (χ0n) is 21.5. The number of aromatic nitrogens is 2. The van der Waals surface area contributed by atoms with Crippen LogP contribution in [0.25, 0.3) is 16.6 Å². The molecule has 0 spiro atoms. The number of rotatable bonds is 5. The van der Waals surface area contributed by atoms with Crippen LogP contribution in [0, 0.1) is 6.92 Å². The molecule has 0 bridgehead atoms. The molecule has 2 aliphatic rings. The van der Waals surface area contributed by atoms with Gasteiger partial charge in [0.05, 0.1) is 11.0 Å². The molecule has 1 amide bonds. The molecule has 1 aliphatic carbocycles. The van der Waals surface area contributed by atoms with Crippen molar-refractivity contribution in [3.05, 3.63) is 106 Å². The molecule has 5 heteroatoms. The molecular weight excluding hydrogens is 478 g/mol. The monoisotopic (exact) mass is 509 g/mol. The van der Waals surface area contributed by atoms with Gasteiger partial charge < -0.3 is 9.47 Å². The largest absolute Gasteiger partial charge is 0.339 e. The van der Waals surface area contributed by atoms with Gasteiger partial charge in [-0.25, -0.2) is 4.98 Å². The van der Waals surface area contributed by atoms with E-state index >= 15 is 0 Å². The number of nitrogens with zero attached hydrogens (tertiary/aromatic N) is 3. The lowest BCUT2D eigenvalue weighted by Crippen LogP contribution is -2.38. The predicted molar refractivity (Wildman–Crippen MR) is 151 cm³/mol. The highest BCUT2D eigenvalue weighted by atomic mass is 35.5. The Bertz CT molecular complexity index is 1510. The van der Waals surface area contributed by atoms with E-state index in [-0.39, 0.29) is 5.91 Å². The summed E-state index contributed by atoms with van der Waals surface area (Å²) in [5.74, 6) is 1.74. The Labute approximate surface area is 223 Å². The van der Waals surface area contributed by atoms with E-state index in [4.69, 9.17) is 16.6 Å². The number of piperidine rings is 1. The Balaban J connectivity index is 1.18. The summed E-state index contributed by atoms with van der Waals surface area (Å²) in [6.07, 6.45) is 6.50. The van der Waals surface area contributed by atoms with Crippen LogP contribution < -0.4 is 0 Å². The number of carbonyl (C=O) groups is 1. The Morgan fingerprint density at radius 2 is 1.73 bits per heavy atom. The molecule has 1 aliphatic heterocycles. The second-order valence-corrected chi connectivity index (χ2v) is 10.8. The van der Waals surface area contributed by atoms with Gasteiger partial charge in [-0.05, 0) is 98.2 Å². The third-order valence-corrected chi connectivity index (χ3v) is 8.11. The molecular formula is C32H32ClN3O. The fourth-order valence-corrected chi connectivity index (χ4v) is 6.01. The van der Waals surface area contributed by atoms with E-state index in [1.54, 1.807) is 0 Å². The second kappa shape index (κ2) is 9.83. The van der Waals surface area contributed by atoms with E-state index in [2.05, 4.69) is 54.0 Å². The molecule has 2 heterocycles. The number of para-hydroxylation sites is 2. The topological polar surface area (TPSA) is 38.1 Å². The van der Waals surface area contributed by atoms with Gasteiger partial charge in [0.2, 0.25) is 0 Å². The summed E-state index contributed by atoms with van der Waals surface area (Å²) in [6.45, 7) is 5.65. The average molecular weight is 510 g/mol. The highest BCUT2D eigenvalue weighted by molar-refractivity contribution is 6.30. The zero-order chi connectivity index (χ0) is 25.5. The number of allylic oxidation sites excluding steroid dienone is 1. The van der Waals surface area contributed by atoms with Gasteiger partial charge in [-0.3, -0.25) is 4.79 Å². The molecule has 0 atom stereocenters. The molecule has 188 valence electrons. The van der Waals surface area contributed by atoms with Crippen molar-refractivity contribution in [2.45, 2.75) is 51.5 Å². The van der Waals surface area contributed by atoms with Crippen molar-refractivity contribution < 1.29 is 4.79 Å². The summed E-state index contributed by atoms with van der Waals surface area (Å²) < 4.78 is 2.48. The van der Waals surface area contributed by atoms with E-state index in [0.29, 0.717) is 12.0 Å². The fourth-order valence-electron chi connectivity index (χ4n) is 5.82. The van der Waals surface area contributed by atoms with Gasteiger partial charge in [0.1, 0.15) is 5.82 Å². The highest BCUT2D eigenvalue weighted by Crippen LogP contribution is 2.42. The molecule has 0 unspecified atom stereocenters. The molecule has 4 nitrogen and oxygen atoms in total. The molecule has 37 heavy (non-hydrogen) atoms. The van der Waals surface area contributed by atoms with Crippen molar-refractivity contribution in [1.82, 2.24) is 14.5 Å². The van der Waals surface area contributed by atoms with Crippen molar-refractivity contribution in [2.24, 2.45) is 0 Å². The number of imidazole rings is 1. The first-order valence-corrected chi connectivity index (χ1v) is 13.7. The maximum absolute atomic E-state index is 13.5. The zero-order valence-corrected chi connectivity index (χ0v) is 22.2. The first-order valence-electron chi connectivity index (χ1n) is 13.3. The highest BCUT2D eigenvalue weighted by Gasteiger charge is 2.33. The lowest BCUT2D eigenvalue weighted by Gasteiger charge is -2.32. The fraction of sp³-hybridized carbons (Fsp3) is 0.312. The van der Waals surface area contributed by atoms with Crippen LogP contribution in [0.5, 0.6) is 0 Å². The van der Waals surface area contributed by atoms with Gasteiger partial charge >= 0.3 is 0 Å². The first-order chi connectivity index (χ1) is 18.0. The second-order valence-electron chi connectivity index (χ2n) is 10.4. The van der Waals surface area contributed by atoms with E-state index in [1.807, 2.05) is 42.2 Å².